The molecule has 0 radical (unpaired) electrons. The number of halogens is 3. The summed E-state index contributed by atoms with van der Waals surface area (Å²) in [5.41, 5.74) is -5.84. The van der Waals surface area contributed by atoms with Gasteiger partial charge in [-0.05, 0) is 42.1 Å². The summed E-state index contributed by atoms with van der Waals surface area (Å²) in [6, 6.07) is 0. The Balaban J connectivity index is 1.96. The summed E-state index contributed by atoms with van der Waals surface area (Å²) in [5.74, 6) is -0.426. The van der Waals surface area contributed by atoms with Crippen molar-refractivity contribution < 1.29 is 35.2 Å². The topological polar surface area (TPSA) is 61.8 Å². The highest BCUT2D eigenvalue weighted by atomic mass is 32.2. The Kier molecular flexibility index (Phi) is 5.36. The van der Waals surface area contributed by atoms with Crippen molar-refractivity contribution in [1.29, 1.82) is 0 Å². The maximum Gasteiger partial charge on any atom is 0.534 e. The molecule has 1 saturated carbocycles. The molecule has 2 fully saturated rings. The third-order valence-electron chi connectivity index (χ3n) is 6.58. The minimum Gasteiger partial charge on any atom is -0.381 e. The average Bonchev–Trinajstić information content (AvgIpc) is 3.01. The summed E-state index contributed by atoms with van der Waals surface area (Å²) in [6.45, 7) is 7.21. The molecule has 0 N–H and O–H groups in total. The van der Waals surface area contributed by atoms with Gasteiger partial charge in [-0.3, -0.25) is 0 Å². The Morgan fingerprint density at radius 3 is 2.41 bits per heavy atom. The highest BCUT2D eigenvalue weighted by Gasteiger charge is 2.56. The normalized spacial score (nSPS) is 34.8. The second kappa shape index (κ2) is 6.91. The first-order chi connectivity index (χ1) is 12.4. The number of hydrogen-bond acceptors (Lipinski definition) is 5. The first-order valence-electron chi connectivity index (χ1n) is 9.31. The van der Waals surface area contributed by atoms with Gasteiger partial charge in [0.05, 0.1) is 13.2 Å². The molecule has 0 spiro atoms. The van der Waals surface area contributed by atoms with E-state index in [2.05, 4.69) is 18.0 Å². The predicted molar refractivity (Wildman–Crippen MR) is 91.8 cm³/mol. The molecule has 3 atom stereocenters. The van der Waals surface area contributed by atoms with Gasteiger partial charge in [0.25, 0.3) is 0 Å². The van der Waals surface area contributed by atoms with Gasteiger partial charge in [-0.15, -0.1) is 0 Å². The SMILES string of the molecule is CC1(C)CCC[C@]2(C)[C@@H](CC3OCCO3)C(OS(=O)(=O)C(F)(F)F)=CC[C@@H]12. The first kappa shape index (κ1) is 20.9. The molecule has 3 aliphatic rings. The van der Waals surface area contributed by atoms with Crippen LogP contribution >= 0.6 is 0 Å². The van der Waals surface area contributed by atoms with Crippen molar-refractivity contribution in [2.45, 2.75) is 64.7 Å². The second-order valence-corrected chi connectivity index (χ2v) is 10.2. The van der Waals surface area contributed by atoms with Gasteiger partial charge in [-0.2, -0.15) is 21.6 Å². The molecular weight excluding hydrogens is 385 g/mol. The van der Waals surface area contributed by atoms with E-state index < -0.39 is 27.8 Å². The van der Waals surface area contributed by atoms with Crippen molar-refractivity contribution in [2.75, 3.05) is 13.2 Å². The van der Waals surface area contributed by atoms with Crippen LogP contribution in [-0.4, -0.2) is 33.4 Å². The fourth-order valence-corrected chi connectivity index (χ4v) is 5.79. The quantitative estimate of drug-likeness (QED) is 0.507. The summed E-state index contributed by atoms with van der Waals surface area (Å²) < 4.78 is 77.6. The van der Waals surface area contributed by atoms with Crippen LogP contribution in [0.1, 0.15) is 52.9 Å². The van der Waals surface area contributed by atoms with E-state index in [0.717, 1.165) is 19.3 Å². The molecule has 156 valence electrons. The Morgan fingerprint density at radius 2 is 1.81 bits per heavy atom. The number of allylic oxidation sites excluding steroid dienone is 2. The third kappa shape index (κ3) is 3.87. The molecule has 0 unspecified atom stereocenters. The van der Waals surface area contributed by atoms with Gasteiger partial charge in [0.1, 0.15) is 5.76 Å². The number of hydrogen-bond donors (Lipinski definition) is 0. The van der Waals surface area contributed by atoms with Gasteiger partial charge in [-0.1, -0.05) is 27.2 Å². The van der Waals surface area contributed by atoms with Crippen LogP contribution in [0, 0.1) is 22.7 Å². The zero-order valence-electron chi connectivity index (χ0n) is 15.8. The highest BCUT2D eigenvalue weighted by molar-refractivity contribution is 7.87. The van der Waals surface area contributed by atoms with Crippen LogP contribution in [0.5, 0.6) is 0 Å². The molecule has 0 aromatic carbocycles. The maximum absolute atomic E-state index is 12.9. The highest BCUT2D eigenvalue weighted by Crippen LogP contribution is 2.61. The molecule has 27 heavy (non-hydrogen) atoms. The molecule has 3 rings (SSSR count). The third-order valence-corrected chi connectivity index (χ3v) is 7.56. The summed E-state index contributed by atoms with van der Waals surface area (Å²) in [4.78, 5) is 0. The van der Waals surface area contributed by atoms with Gasteiger partial charge >= 0.3 is 15.6 Å². The molecule has 2 aliphatic carbocycles. The molecule has 1 aliphatic heterocycles. The van der Waals surface area contributed by atoms with E-state index >= 15 is 0 Å². The molecule has 0 amide bonds. The monoisotopic (exact) mass is 412 g/mol. The van der Waals surface area contributed by atoms with Gasteiger partial charge in [0.2, 0.25) is 0 Å². The van der Waals surface area contributed by atoms with E-state index in [4.69, 9.17) is 9.47 Å². The zero-order chi connectivity index (χ0) is 20.1. The van der Waals surface area contributed by atoms with Crippen LogP contribution in [-0.2, 0) is 23.8 Å². The predicted octanol–water partition coefficient (Wildman–Crippen LogP) is 4.35. The van der Waals surface area contributed by atoms with Crippen LogP contribution in [0.25, 0.3) is 0 Å². The minimum atomic E-state index is -5.71. The van der Waals surface area contributed by atoms with Crippen LogP contribution in [0.15, 0.2) is 11.8 Å². The molecule has 1 saturated heterocycles. The van der Waals surface area contributed by atoms with Crippen LogP contribution in [0.4, 0.5) is 13.2 Å². The van der Waals surface area contributed by atoms with Gasteiger partial charge in [0.15, 0.2) is 6.29 Å². The van der Waals surface area contributed by atoms with Gasteiger partial charge in [-0.25, -0.2) is 0 Å². The lowest BCUT2D eigenvalue weighted by molar-refractivity contribution is -0.104. The van der Waals surface area contributed by atoms with Crippen LogP contribution < -0.4 is 0 Å². The number of fused-ring (bicyclic) bond motifs is 1. The standard InChI is InChI=1S/C18H27F3O5S/c1-16(2)7-4-8-17(3)12(11-15-24-9-10-25-15)13(5-6-14(16)17)26-27(22,23)18(19,20)21/h5,12,14-15H,4,6-11H2,1-3H3/t12-,14-,17+/m0/s1. The van der Waals surface area contributed by atoms with E-state index in [0.29, 0.717) is 19.6 Å². The molecule has 0 bridgehead atoms. The van der Waals surface area contributed by atoms with Crippen molar-refractivity contribution in [3.05, 3.63) is 11.8 Å². The van der Waals surface area contributed by atoms with Crippen LogP contribution in [0.3, 0.4) is 0 Å². The van der Waals surface area contributed by atoms with E-state index in [-0.39, 0.29) is 28.9 Å². The lowest BCUT2D eigenvalue weighted by Crippen LogP contribution is -2.50. The number of alkyl halides is 3. The van der Waals surface area contributed by atoms with Crippen molar-refractivity contribution in [3.8, 4) is 0 Å². The number of ether oxygens (including phenoxy) is 2. The van der Waals surface area contributed by atoms with Gasteiger partial charge < -0.3 is 13.7 Å². The van der Waals surface area contributed by atoms with Crippen molar-refractivity contribution in [3.63, 3.8) is 0 Å². The van der Waals surface area contributed by atoms with E-state index in [1.807, 2.05) is 6.92 Å². The summed E-state index contributed by atoms with van der Waals surface area (Å²) >= 11 is 0. The van der Waals surface area contributed by atoms with Crippen LogP contribution in [0.2, 0.25) is 0 Å². The molecule has 9 heteroatoms. The Bertz CT molecular complexity index is 694. The molecule has 0 aromatic heterocycles. The molecule has 0 aromatic rings. The smallest absolute Gasteiger partial charge is 0.381 e. The maximum atomic E-state index is 12.9. The van der Waals surface area contributed by atoms with Crippen molar-refractivity contribution in [2.24, 2.45) is 22.7 Å². The molecular formula is C18H27F3O5S. The summed E-state index contributed by atoms with van der Waals surface area (Å²) in [5, 5.41) is 0. The molecule has 1 heterocycles. The first-order valence-corrected chi connectivity index (χ1v) is 10.7. The lowest BCUT2D eigenvalue weighted by Gasteiger charge is -2.56. The molecule has 5 nitrogen and oxygen atoms in total. The fraction of sp³-hybridized carbons (Fsp3) is 0.889. The van der Waals surface area contributed by atoms with E-state index in [9.17, 15) is 21.6 Å². The average molecular weight is 412 g/mol. The minimum absolute atomic E-state index is 0.00751. The Morgan fingerprint density at radius 1 is 1.19 bits per heavy atom. The summed E-state index contributed by atoms with van der Waals surface area (Å²) in [7, 11) is -5.71. The zero-order valence-corrected chi connectivity index (χ0v) is 16.7. The summed E-state index contributed by atoms with van der Waals surface area (Å²) in [6.07, 6.45) is 4.50. The fourth-order valence-electron chi connectivity index (χ4n) is 5.26. The van der Waals surface area contributed by atoms with E-state index in [1.165, 1.54) is 6.08 Å². The van der Waals surface area contributed by atoms with Crippen molar-refractivity contribution in [1.82, 2.24) is 0 Å². The van der Waals surface area contributed by atoms with E-state index in [1.54, 1.807) is 0 Å². The lowest BCUT2D eigenvalue weighted by atomic mass is 9.49. The van der Waals surface area contributed by atoms with Gasteiger partial charge in [0, 0.05) is 12.3 Å². The second-order valence-electron chi connectivity index (χ2n) is 8.69. The van der Waals surface area contributed by atoms with Crippen molar-refractivity contribution >= 4 is 10.1 Å². The Labute approximate surface area is 158 Å². The number of rotatable bonds is 4. The largest absolute Gasteiger partial charge is 0.534 e. The Hall–Kier alpha value is -0.800.